The van der Waals surface area contributed by atoms with Crippen molar-refractivity contribution < 1.29 is 8.42 Å². The van der Waals surface area contributed by atoms with Gasteiger partial charge in [0.15, 0.2) is 0 Å². The summed E-state index contributed by atoms with van der Waals surface area (Å²) >= 11 is 0. The molecule has 16 heavy (non-hydrogen) atoms. The van der Waals surface area contributed by atoms with Crippen molar-refractivity contribution in [2.45, 2.75) is 25.7 Å². The van der Waals surface area contributed by atoms with E-state index in [4.69, 9.17) is 5.73 Å². The van der Waals surface area contributed by atoms with E-state index in [-0.39, 0.29) is 5.75 Å². The Labute approximate surface area is 99.4 Å². The van der Waals surface area contributed by atoms with Gasteiger partial charge in [0.1, 0.15) is 0 Å². The Bertz CT molecular complexity index is 253. The van der Waals surface area contributed by atoms with Crippen LogP contribution >= 0.6 is 0 Å². The maximum atomic E-state index is 11.4. The molecule has 0 unspecified atom stereocenters. The van der Waals surface area contributed by atoms with E-state index in [9.17, 15) is 8.42 Å². The van der Waals surface area contributed by atoms with E-state index in [1.807, 2.05) is 14.1 Å². The Morgan fingerprint density at radius 3 is 2.38 bits per heavy atom. The maximum absolute atomic E-state index is 11.4. The molecule has 0 rings (SSSR count). The lowest BCUT2D eigenvalue weighted by molar-refractivity contribution is 0.394. The van der Waals surface area contributed by atoms with Gasteiger partial charge in [0, 0.05) is 6.54 Å². The second-order valence-electron chi connectivity index (χ2n) is 4.22. The largest absolute Gasteiger partial charge is 0.330 e. The van der Waals surface area contributed by atoms with Gasteiger partial charge in [-0.25, -0.2) is 13.1 Å². The van der Waals surface area contributed by atoms with Crippen molar-refractivity contribution in [3.05, 3.63) is 0 Å². The Hall–Kier alpha value is -0.170. The third kappa shape index (κ3) is 10.4. The van der Waals surface area contributed by atoms with Crippen LogP contribution in [0.2, 0.25) is 0 Å². The van der Waals surface area contributed by atoms with Crippen LogP contribution in [0.25, 0.3) is 0 Å². The zero-order valence-corrected chi connectivity index (χ0v) is 11.2. The smallest absolute Gasteiger partial charge is 0.211 e. The summed E-state index contributed by atoms with van der Waals surface area (Å²) in [7, 11) is 0.948. The van der Waals surface area contributed by atoms with Crippen LogP contribution in [-0.4, -0.2) is 52.8 Å². The van der Waals surface area contributed by atoms with Crippen molar-refractivity contribution in [2.24, 2.45) is 5.73 Å². The van der Waals surface area contributed by atoms with E-state index in [0.717, 1.165) is 25.8 Å². The third-order valence-electron chi connectivity index (χ3n) is 2.22. The third-order valence-corrected chi connectivity index (χ3v) is 3.69. The second-order valence-corrected chi connectivity index (χ2v) is 6.15. The molecule has 0 heterocycles. The second kappa shape index (κ2) is 8.92. The first-order chi connectivity index (χ1) is 7.48. The number of nitrogens with one attached hydrogen (secondary N) is 1. The molecular weight excluding hydrogens is 226 g/mol. The monoisotopic (exact) mass is 251 g/mol. The summed E-state index contributed by atoms with van der Waals surface area (Å²) in [6.07, 6.45) is 3.30. The van der Waals surface area contributed by atoms with E-state index < -0.39 is 10.0 Å². The molecule has 0 spiro atoms. The number of sulfonamides is 1. The van der Waals surface area contributed by atoms with E-state index in [1.54, 1.807) is 0 Å². The van der Waals surface area contributed by atoms with Gasteiger partial charge in [-0.1, -0.05) is 0 Å². The van der Waals surface area contributed by atoms with Crippen LogP contribution in [0.4, 0.5) is 0 Å². The van der Waals surface area contributed by atoms with Crippen LogP contribution in [0.3, 0.4) is 0 Å². The highest BCUT2D eigenvalue weighted by Gasteiger charge is 2.07. The Morgan fingerprint density at radius 1 is 1.12 bits per heavy atom. The highest BCUT2D eigenvalue weighted by molar-refractivity contribution is 7.89. The van der Waals surface area contributed by atoms with Crippen LogP contribution in [0.1, 0.15) is 25.7 Å². The predicted molar refractivity (Wildman–Crippen MR) is 67.9 cm³/mol. The molecule has 3 N–H and O–H groups in total. The summed E-state index contributed by atoms with van der Waals surface area (Å²) in [6.45, 7) is 2.09. The molecular formula is C10H25N3O2S. The molecule has 0 aromatic carbocycles. The maximum Gasteiger partial charge on any atom is 0.211 e. The standard InChI is InChI=1S/C10H25N3O2S/c1-13(2)9-5-4-8-12-16(14,15)10-6-3-7-11/h12H,3-11H2,1-2H3. The van der Waals surface area contributed by atoms with Gasteiger partial charge in [-0.2, -0.15) is 0 Å². The summed E-state index contributed by atoms with van der Waals surface area (Å²) < 4.78 is 25.5. The topological polar surface area (TPSA) is 75.4 Å². The van der Waals surface area contributed by atoms with Gasteiger partial charge in [0.05, 0.1) is 5.75 Å². The van der Waals surface area contributed by atoms with Gasteiger partial charge in [0.25, 0.3) is 0 Å². The summed E-state index contributed by atoms with van der Waals surface area (Å²) in [5.74, 6) is 0.192. The molecule has 0 radical (unpaired) electrons. The molecule has 0 aromatic heterocycles. The summed E-state index contributed by atoms with van der Waals surface area (Å²) in [4.78, 5) is 2.09. The molecule has 0 aliphatic rings. The average molecular weight is 251 g/mol. The lowest BCUT2D eigenvalue weighted by Gasteiger charge is -2.09. The Balaban J connectivity index is 3.51. The fourth-order valence-corrected chi connectivity index (χ4v) is 2.47. The highest BCUT2D eigenvalue weighted by Crippen LogP contribution is 1.95. The molecule has 0 bridgehead atoms. The summed E-state index contributed by atoms with van der Waals surface area (Å²) in [5.41, 5.74) is 5.31. The first kappa shape index (κ1) is 15.8. The fourth-order valence-electron chi connectivity index (χ4n) is 1.29. The zero-order chi connectivity index (χ0) is 12.4. The molecule has 0 atom stereocenters. The predicted octanol–water partition coefficient (Wildman–Crippen LogP) is -0.0135. The van der Waals surface area contributed by atoms with Crippen LogP contribution in [0.5, 0.6) is 0 Å². The van der Waals surface area contributed by atoms with E-state index in [1.165, 1.54) is 0 Å². The number of nitrogens with zero attached hydrogens (tertiary/aromatic N) is 1. The quantitative estimate of drug-likeness (QED) is 0.535. The van der Waals surface area contributed by atoms with Crippen molar-refractivity contribution in [3.63, 3.8) is 0 Å². The summed E-state index contributed by atoms with van der Waals surface area (Å²) in [6, 6.07) is 0. The molecule has 0 aliphatic heterocycles. The van der Waals surface area contributed by atoms with E-state index in [0.29, 0.717) is 19.5 Å². The van der Waals surface area contributed by atoms with Crippen molar-refractivity contribution >= 4 is 10.0 Å². The van der Waals surface area contributed by atoms with E-state index in [2.05, 4.69) is 9.62 Å². The minimum atomic E-state index is -3.07. The molecule has 6 heteroatoms. The molecule has 0 saturated heterocycles. The number of rotatable bonds is 10. The Morgan fingerprint density at radius 2 is 1.81 bits per heavy atom. The fraction of sp³-hybridized carbons (Fsp3) is 1.00. The Kier molecular flexibility index (Phi) is 8.83. The molecule has 0 aliphatic carbocycles. The minimum absolute atomic E-state index is 0.192. The van der Waals surface area contributed by atoms with Gasteiger partial charge in [0.2, 0.25) is 10.0 Å². The van der Waals surface area contributed by atoms with Crippen molar-refractivity contribution in [2.75, 3.05) is 39.5 Å². The van der Waals surface area contributed by atoms with Gasteiger partial charge in [-0.15, -0.1) is 0 Å². The first-order valence-corrected chi connectivity index (χ1v) is 7.45. The average Bonchev–Trinajstić information content (AvgIpc) is 2.16. The van der Waals surface area contributed by atoms with Gasteiger partial charge in [-0.05, 0) is 52.9 Å². The SMILES string of the molecule is CN(C)CCCCNS(=O)(=O)CCCCN. The van der Waals surface area contributed by atoms with Crippen LogP contribution in [0.15, 0.2) is 0 Å². The molecule has 0 aromatic rings. The lowest BCUT2D eigenvalue weighted by Crippen LogP contribution is -2.28. The van der Waals surface area contributed by atoms with Crippen LogP contribution in [-0.2, 0) is 10.0 Å². The zero-order valence-electron chi connectivity index (χ0n) is 10.4. The molecule has 0 saturated carbocycles. The number of nitrogens with two attached hydrogens (primary N) is 1. The highest BCUT2D eigenvalue weighted by atomic mass is 32.2. The van der Waals surface area contributed by atoms with E-state index >= 15 is 0 Å². The van der Waals surface area contributed by atoms with Crippen LogP contribution in [0, 0.1) is 0 Å². The summed E-state index contributed by atoms with van der Waals surface area (Å²) in [5, 5.41) is 0. The van der Waals surface area contributed by atoms with Gasteiger partial charge < -0.3 is 10.6 Å². The first-order valence-electron chi connectivity index (χ1n) is 5.80. The molecule has 5 nitrogen and oxygen atoms in total. The van der Waals surface area contributed by atoms with Crippen LogP contribution < -0.4 is 10.5 Å². The van der Waals surface area contributed by atoms with Gasteiger partial charge in [-0.3, -0.25) is 0 Å². The minimum Gasteiger partial charge on any atom is -0.330 e. The van der Waals surface area contributed by atoms with Crippen molar-refractivity contribution in [1.29, 1.82) is 0 Å². The number of hydrogen-bond donors (Lipinski definition) is 2. The van der Waals surface area contributed by atoms with Crippen molar-refractivity contribution in [3.8, 4) is 0 Å². The molecule has 0 fully saturated rings. The van der Waals surface area contributed by atoms with Gasteiger partial charge >= 0.3 is 0 Å². The molecule has 0 amide bonds. The lowest BCUT2D eigenvalue weighted by atomic mass is 10.3. The number of unbranched alkanes of at least 4 members (excludes halogenated alkanes) is 2. The number of hydrogen-bond acceptors (Lipinski definition) is 4. The normalized spacial score (nSPS) is 12.2. The molecule has 98 valence electrons. The van der Waals surface area contributed by atoms with Crippen molar-refractivity contribution in [1.82, 2.24) is 9.62 Å².